The molecule has 1 atom stereocenters. The molecule has 0 aromatic rings. The fraction of sp³-hybridized carbons (Fsp3) is 0.875. The van der Waals surface area contributed by atoms with Gasteiger partial charge in [0.1, 0.15) is 6.61 Å². The maximum absolute atomic E-state index is 11.4. The van der Waals surface area contributed by atoms with Gasteiger partial charge < -0.3 is 20.1 Å². The van der Waals surface area contributed by atoms with Crippen LogP contribution in [-0.4, -0.2) is 56.9 Å². The van der Waals surface area contributed by atoms with Crippen molar-refractivity contribution in [3.8, 4) is 0 Å². The van der Waals surface area contributed by atoms with E-state index in [1.54, 1.807) is 4.90 Å². The van der Waals surface area contributed by atoms with Crippen molar-refractivity contribution < 1.29 is 14.3 Å². The first-order chi connectivity index (χ1) is 6.27. The number of carbonyl (C=O) groups excluding carboxylic acids is 1. The average molecular weight is 188 g/mol. The molecule has 1 saturated heterocycles. The van der Waals surface area contributed by atoms with Crippen LogP contribution in [-0.2, 0) is 14.3 Å². The van der Waals surface area contributed by atoms with Crippen LogP contribution < -0.4 is 5.73 Å². The molecule has 76 valence electrons. The average Bonchev–Trinajstić information content (AvgIpc) is 2.18. The van der Waals surface area contributed by atoms with Gasteiger partial charge in [-0.2, -0.15) is 0 Å². The number of morpholine rings is 1. The van der Waals surface area contributed by atoms with E-state index in [4.69, 9.17) is 15.2 Å². The van der Waals surface area contributed by atoms with Crippen molar-refractivity contribution >= 4 is 5.91 Å². The van der Waals surface area contributed by atoms with E-state index in [1.165, 1.54) is 7.11 Å². The van der Waals surface area contributed by atoms with Crippen molar-refractivity contribution in [3.63, 3.8) is 0 Å². The predicted octanol–water partition coefficient (Wildman–Crippen LogP) is -1.18. The minimum Gasteiger partial charge on any atom is -0.375 e. The van der Waals surface area contributed by atoms with E-state index in [9.17, 15) is 4.79 Å². The Bertz CT molecular complexity index is 175. The van der Waals surface area contributed by atoms with Crippen LogP contribution in [0.2, 0.25) is 0 Å². The zero-order valence-corrected chi connectivity index (χ0v) is 7.86. The van der Waals surface area contributed by atoms with Crippen LogP contribution in [0, 0.1) is 0 Å². The van der Waals surface area contributed by atoms with Gasteiger partial charge >= 0.3 is 0 Å². The second-order valence-corrected chi connectivity index (χ2v) is 3.00. The zero-order valence-electron chi connectivity index (χ0n) is 7.86. The number of methoxy groups -OCH3 is 1. The second kappa shape index (κ2) is 5.16. The summed E-state index contributed by atoms with van der Waals surface area (Å²) in [5, 5.41) is 0. The summed E-state index contributed by atoms with van der Waals surface area (Å²) in [5.74, 6) is 0.00394. The summed E-state index contributed by atoms with van der Waals surface area (Å²) >= 11 is 0. The number of carbonyl (C=O) groups is 1. The lowest BCUT2D eigenvalue weighted by atomic mass is 10.2. The molecule has 0 aromatic heterocycles. The first kappa shape index (κ1) is 10.4. The highest BCUT2D eigenvalue weighted by atomic mass is 16.5. The van der Waals surface area contributed by atoms with Gasteiger partial charge in [0.05, 0.1) is 12.7 Å². The lowest BCUT2D eigenvalue weighted by molar-refractivity contribution is -0.142. The molecule has 0 saturated carbocycles. The van der Waals surface area contributed by atoms with Crippen LogP contribution >= 0.6 is 0 Å². The lowest BCUT2D eigenvalue weighted by Gasteiger charge is -2.32. The van der Waals surface area contributed by atoms with Crippen molar-refractivity contribution in [2.45, 2.75) is 6.10 Å². The van der Waals surface area contributed by atoms with Crippen molar-refractivity contribution in [1.82, 2.24) is 4.90 Å². The molecule has 1 rings (SSSR count). The quantitative estimate of drug-likeness (QED) is 0.605. The van der Waals surface area contributed by atoms with Gasteiger partial charge in [-0.3, -0.25) is 4.79 Å². The first-order valence-corrected chi connectivity index (χ1v) is 4.36. The lowest BCUT2D eigenvalue weighted by Crippen LogP contribution is -2.49. The topological polar surface area (TPSA) is 64.8 Å². The zero-order chi connectivity index (χ0) is 9.68. The highest BCUT2D eigenvalue weighted by Crippen LogP contribution is 2.04. The maximum Gasteiger partial charge on any atom is 0.248 e. The molecule has 2 N–H and O–H groups in total. The van der Waals surface area contributed by atoms with Gasteiger partial charge in [-0.25, -0.2) is 0 Å². The van der Waals surface area contributed by atoms with Gasteiger partial charge in [0, 0.05) is 26.7 Å². The van der Waals surface area contributed by atoms with Crippen LogP contribution in [0.25, 0.3) is 0 Å². The highest BCUT2D eigenvalue weighted by molar-refractivity contribution is 5.77. The number of rotatable bonds is 3. The Balaban J connectivity index is 2.37. The molecule has 1 heterocycles. The molecule has 0 aliphatic carbocycles. The Hall–Kier alpha value is -0.650. The molecule has 1 amide bonds. The molecular formula is C8H16N2O3. The minimum absolute atomic E-state index is 0.00394. The monoisotopic (exact) mass is 188 g/mol. The summed E-state index contributed by atoms with van der Waals surface area (Å²) in [6, 6.07) is 0. The van der Waals surface area contributed by atoms with Crippen LogP contribution in [0.15, 0.2) is 0 Å². The SMILES string of the molecule is COCC(=O)N1CCO[C@@H](CN)C1. The molecule has 0 radical (unpaired) electrons. The van der Waals surface area contributed by atoms with E-state index in [2.05, 4.69) is 0 Å². The highest BCUT2D eigenvalue weighted by Gasteiger charge is 2.22. The number of hydrogen-bond acceptors (Lipinski definition) is 4. The van der Waals surface area contributed by atoms with Crippen LogP contribution in [0.3, 0.4) is 0 Å². The van der Waals surface area contributed by atoms with Crippen molar-refractivity contribution in [3.05, 3.63) is 0 Å². The second-order valence-electron chi connectivity index (χ2n) is 3.00. The summed E-state index contributed by atoms with van der Waals surface area (Å²) in [4.78, 5) is 13.1. The van der Waals surface area contributed by atoms with Crippen LogP contribution in [0.5, 0.6) is 0 Å². The van der Waals surface area contributed by atoms with Crippen molar-refractivity contribution in [2.24, 2.45) is 5.73 Å². The molecule has 0 aromatic carbocycles. The summed E-state index contributed by atoms with van der Waals surface area (Å²) in [7, 11) is 1.51. The van der Waals surface area contributed by atoms with E-state index >= 15 is 0 Å². The smallest absolute Gasteiger partial charge is 0.248 e. The molecule has 5 nitrogen and oxygen atoms in total. The van der Waals surface area contributed by atoms with E-state index in [0.717, 1.165) is 0 Å². The van der Waals surface area contributed by atoms with Crippen LogP contribution in [0.1, 0.15) is 0 Å². The van der Waals surface area contributed by atoms with Gasteiger partial charge in [0.25, 0.3) is 0 Å². The van der Waals surface area contributed by atoms with Crippen molar-refractivity contribution in [1.29, 1.82) is 0 Å². The normalized spacial score (nSPS) is 23.2. The standard InChI is InChI=1S/C8H16N2O3/c1-12-6-8(11)10-2-3-13-7(4-9)5-10/h7H,2-6,9H2,1H3/t7-/m0/s1. The Kier molecular flexibility index (Phi) is 4.14. The first-order valence-electron chi connectivity index (χ1n) is 4.36. The van der Waals surface area contributed by atoms with E-state index in [-0.39, 0.29) is 18.6 Å². The van der Waals surface area contributed by atoms with Crippen LogP contribution in [0.4, 0.5) is 0 Å². The molecule has 1 aliphatic rings. The Morgan fingerprint density at radius 2 is 2.54 bits per heavy atom. The third kappa shape index (κ3) is 2.95. The number of hydrogen-bond donors (Lipinski definition) is 1. The Labute approximate surface area is 77.8 Å². The Morgan fingerprint density at radius 1 is 1.77 bits per heavy atom. The van der Waals surface area contributed by atoms with E-state index in [0.29, 0.717) is 26.2 Å². The van der Waals surface area contributed by atoms with E-state index in [1.807, 2.05) is 0 Å². The van der Waals surface area contributed by atoms with Gasteiger partial charge in [0.15, 0.2) is 0 Å². The minimum atomic E-state index is -0.0189. The third-order valence-electron chi connectivity index (χ3n) is 2.02. The molecule has 1 aliphatic heterocycles. The predicted molar refractivity (Wildman–Crippen MR) is 47.3 cm³/mol. The molecule has 0 unspecified atom stereocenters. The van der Waals surface area contributed by atoms with Crippen molar-refractivity contribution in [2.75, 3.05) is 40.0 Å². The Morgan fingerprint density at radius 3 is 3.15 bits per heavy atom. The maximum atomic E-state index is 11.4. The summed E-state index contributed by atoms with van der Waals surface area (Å²) in [5.41, 5.74) is 5.45. The summed E-state index contributed by atoms with van der Waals surface area (Å²) in [6.45, 7) is 2.38. The number of amides is 1. The molecule has 13 heavy (non-hydrogen) atoms. The molecule has 0 bridgehead atoms. The number of nitrogens with zero attached hydrogens (tertiary/aromatic N) is 1. The number of nitrogens with two attached hydrogens (primary N) is 1. The molecule has 5 heteroatoms. The van der Waals surface area contributed by atoms with Gasteiger partial charge in [0.2, 0.25) is 5.91 Å². The fourth-order valence-electron chi connectivity index (χ4n) is 1.30. The summed E-state index contributed by atoms with van der Waals surface area (Å²) in [6.07, 6.45) is -0.0189. The van der Waals surface area contributed by atoms with Gasteiger partial charge in [-0.1, -0.05) is 0 Å². The fourth-order valence-corrected chi connectivity index (χ4v) is 1.30. The summed E-state index contributed by atoms with van der Waals surface area (Å²) < 4.78 is 10.1. The third-order valence-corrected chi connectivity index (χ3v) is 2.02. The van der Waals surface area contributed by atoms with Gasteiger partial charge in [-0.05, 0) is 0 Å². The molecule has 0 spiro atoms. The van der Waals surface area contributed by atoms with E-state index < -0.39 is 0 Å². The molecular weight excluding hydrogens is 172 g/mol. The van der Waals surface area contributed by atoms with Gasteiger partial charge in [-0.15, -0.1) is 0 Å². The molecule has 1 fully saturated rings. The number of ether oxygens (including phenoxy) is 2. The largest absolute Gasteiger partial charge is 0.375 e.